The Balaban J connectivity index is 2.30. The summed E-state index contributed by atoms with van der Waals surface area (Å²) < 4.78 is 13.0. The summed E-state index contributed by atoms with van der Waals surface area (Å²) in [5.74, 6) is 0.144. The normalized spacial score (nSPS) is 10.3. The van der Waals surface area contributed by atoms with Crippen molar-refractivity contribution < 1.29 is 4.39 Å². The van der Waals surface area contributed by atoms with Gasteiger partial charge in [0.25, 0.3) is 0 Å². The Morgan fingerprint density at radius 2 is 1.94 bits per heavy atom. The summed E-state index contributed by atoms with van der Waals surface area (Å²) in [5, 5.41) is 3.09. The van der Waals surface area contributed by atoms with Gasteiger partial charge in [0.1, 0.15) is 5.82 Å². The molecule has 0 unspecified atom stereocenters. The van der Waals surface area contributed by atoms with E-state index in [9.17, 15) is 4.39 Å². The lowest BCUT2D eigenvalue weighted by Crippen LogP contribution is -2.01. The van der Waals surface area contributed by atoms with Gasteiger partial charge in [-0.15, -0.1) is 0 Å². The van der Waals surface area contributed by atoms with Crippen LogP contribution in [0.15, 0.2) is 30.6 Å². The Labute approximate surface area is 104 Å². The van der Waals surface area contributed by atoms with E-state index in [1.54, 1.807) is 24.5 Å². The van der Waals surface area contributed by atoms with Gasteiger partial charge in [-0.2, -0.15) is 0 Å². The van der Waals surface area contributed by atoms with Gasteiger partial charge in [-0.1, -0.05) is 17.7 Å². The monoisotopic (exact) mass is 251 g/mol. The van der Waals surface area contributed by atoms with Crippen LogP contribution in [0.2, 0.25) is 5.02 Å². The van der Waals surface area contributed by atoms with Crippen LogP contribution in [-0.2, 0) is 0 Å². The molecule has 0 spiro atoms. The van der Waals surface area contributed by atoms with Gasteiger partial charge in [0.05, 0.1) is 5.02 Å². The van der Waals surface area contributed by atoms with Gasteiger partial charge in [-0.25, -0.2) is 14.4 Å². The van der Waals surface area contributed by atoms with Crippen LogP contribution >= 0.6 is 11.6 Å². The predicted molar refractivity (Wildman–Crippen MR) is 66.6 cm³/mol. The van der Waals surface area contributed by atoms with Gasteiger partial charge in [-0.3, -0.25) is 0 Å². The fourth-order valence-corrected chi connectivity index (χ4v) is 1.58. The number of nitrogens with zero attached hydrogens (tertiary/aromatic N) is 2. The van der Waals surface area contributed by atoms with Crippen LogP contribution in [0.5, 0.6) is 0 Å². The lowest BCUT2D eigenvalue weighted by Gasteiger charge is -2.04. The standard InChI is InChI=1S/C12H11ClFN3/c1-2-15-12-16-6-9(7-17-12)8-3-4-11(14)10(13)5-8/h3-7H,2H2,1H3,(H,15,16,17). The summed E-state index contributed by atoms with van der Waals surface area (Å²) >= 11 is 5.72. The minimum atomic E-state index is -0.430. The lowest BCUT2D eigenvalue weighted by molar-refractivity contribution is 0.628. The molecule has 0 bridgehead atoms. The van der Waals surface area contributed by atoms with Crippen molar-refractivity contribution in [2.45, 2.75) is 6.92 Å². The zero-order chi connectivity index (χ0) is 12.3. The summed E-state index contributed by atoms with van der Waals surface area (Å²) in [6.07, 6.45) is 3.35. The minimum absolute atomic E-state index is 0.0956. The SMILES string of the molecule is CCNc1ncc(-c2ccc(F)c(Cl)c2)cn1. The molecule has 0 saturated carbocycles. The van der Waals surface area contributed by atoms with E-state index in [-0.39, 0.29) is 5.02 Å². The molecular weight excluding hydrogens is 241 g/mol. The zero-order valence-electron chi connectivity index (χ0n) is 9.24. The highest BCUT2D eigenvalue weighted by Gasteiger charge is 2.04. The second-order valence-electron chi connectivity index (χ2n) is 3.45. The molecule has 1 N–H and O–H groups in total. The van der Waals surface area contributed by atoms with Crippen LogP contribution in [-0.4, -0.2) is 16.5 Å². The largest absolute Gasteiger partial charge is 0.355 e. The fraction of sp³-hybridized carbons (Fsp3) is 0.167. The van der Waals surface area contributed by atoms with E-state index in [1.165, 1.54) is 6.07 Å². The van der Waals surface area contributed by atoms with E-state index < -0.39 is 5.82 Å². The van der Waals surface area contributed by atoms with Crippen molar-refractivity contribution in [3.8, 4) is 11.1 Å². The molecule has 0 aliphatic carbocycles. The van der Waals surface area contributed by atoms with Crippen LogP contribution in [0, 0.1) is 5.82 Å². The molecule has 5 heteroatoms. The third-order valence-corrected chi connectivity index (χ3v) is 2.53. The molecule has 0 aliphatic rings. The quantitative estimate of drug-likeness (QED) is 0.909. The van der Waals surface area contributed by atoms with Gasteiger partial charge < -0.3 is 5.32 Å². The summed E-state index contributed by atoms with van der Waals surface area (Å²) in [5.41, 5.74) is 1.59. The average Bonchev–Trinajstić information content (AvgIpc) is 2.34. The van der Waals surface area contributed by atoms with Crippen molar-refractivity contribution in [3.63, 3.8) is 0 Å². The van der Waals surface area contributed by atoms with Crippen molar-refractivity contribution in [1.29, 1.82) is 0 Å². The summed E-state index contributed by atoms with van der Waals surface area (Å²) in [4.78, 5) is 8.28. The maximum atomic E-state index is 13.0. The maximum Gasteiger partial charge on any atom is 0.222 e. The van der Waals surface area contributed by atoms with E-state index in [0.29, 0.717) is 5.95 Å². The van der Waals surface area contributed by atoms with Crippen molar-refractivity contribution in [3.05, 3.63) is 41.4 Å². The molecule has 0 saturated heterocycles. The van der Waals surface area contributed by atoms with Crippen molar-refractivity contribution in [1.82, 2.24) is 9.97 Å². The number of aromatic nitrogens is 2. The molecule has 0 amide bonds. The van der Waals surface area contributed by atoms with Gasteiger partial charge in [0.15, 0.2) is 0 Å². The fourth-order valence-electron chi connectivity index (χ4n) is 1.40. The molecule has 1 aromatic carbocycles. The third-order valence-electron chi connectivity index (χ3n) is 2.24. The molecule has 2 rings (SSSR count). The van der Waals surface area contributed by atoms with Crippen LogP contribution < -0.4 is 5.32 Å². The van der Waals surface area contributed by atoms with Crippen LogP contribution in [0.1, 0.15) is 6.92 Å². The van der Waals surface area contributed by atoms with Gasteiger partial charge in [0.2, 0.25) is 5.95 Å². The van der Waals surface area contributed by atoms with Crippen molar-refractivity contribution >= 4 is 17.5 Å². The molecule has 88 valence electrons. The molecule has 1 aromatic heterocycles. The molecule has 3 nitrogen and oxygen atoms in total. The number of halogens is 2. The van der Waals surface area contributed by atoms with E-state index in [4.69, 9.17) is 11.6 Å². The third kappa shape index (κ3) is 2.71. The van der Waals surface area contributed by atoms with Crippen molar-refractivity contribution in [2.75, 3.05) is 11.9 Å². The highest BCUT2D eigenvalue weighted by molar-refractivity contribution is 6.31. The molecule has 1 heterocycles. The van der Waals surface area contributed by atoms with Crippen LogP contribution in [0.25, 0.3) is 11.1 Å². The molecule has 0 radical (unpaired) electrons. The van der Waals surface area contributed by atoms with Crippen molar-refractivity contribution in [2.24, 2.45) is 0 Å². The topological polar surface area (TPSA) is 37.8 Å². The van der Waals surface area contributed by atoms with Crippen LogP contribution in [0.4, 0.5) is 10.3 Å². The Bertz CT molecular complexity index is 514. The number of benzene rings is 1. The molecule has 0 fully saturated rings. The second kappa shape index (κ2) is 5.10. The first-order valence-electron chi connectivity index (χ1n) is 5.22. The van der Waals surface area contributed by atoms with E-state index in [0.717, 1.165) is 17.7 Å². The second-order valence-corrected chi connectivity index (χ2v) is 3.86. The smallest absolute Gasteiger partial charge is 0.222 e. The Morgan fingerprint density at radius 1 is 1.24 bits per heavy atom. The van der Waals surface area contributed by atoms with Gasteiger partial charge in [0, 0.05) is 24.5 Å². The van der Waals surface area contributed by atoms with Gasteiger partial charge in [-0.05, 0) is 24.6 Å². The average molecular weight is 252 g/mol. The number of hydrogen-bond acceptors (Lipinski definition) is 3. The first-order chi connectivity index (χ1) is 8.20. The number of rotatable bonds is 3. The van der Waals surface area contributed by atoms with Gasteiger partial charge >= 0.3 is 0 Å². The van der Waals surface area contributed by atoms with E-state index in [1.807, 2.05) is 6.92 Å². The summed E-state index contributed by atoms with van der Waals surface area (Å²) in [6, 6.07) is 4.53. The predicted octanol–water partition coefficient (Wildman–Crippen LogP) is 3.37. The molecular formula is C12H11ClFN3. The highest BCUT2D eigenvalue weighted by atomic mass is 35.5. The summed E-state index contributed by atoms with van der Waals surface area (Å²) in [7, 11) is 0. The Hall–Kier alpha value is -1.68. The Kier molecular flexibility index (Phi) is 3.54. The molecule has 0 aliphatic heterocycles. The number of nitrogens with one attached hydrogen (secondary N) is 1. The molecule has 17 heavy (non-hydrogen) atoms. The number of hydrogen-bond donors (Lipinski definition) is 1. The van der Waals surface area contributed by atoms with E-state index in [2.05, 4.69) is 15.3 Å². The Morgan fingerprint density at radius 3 is 2.53 bits per heavy atom. The lowest BCUT2D eigenvalue weighted by atomic mass is 10.1. The first kappa shape index (κ1) is 11.8. The first-order valence-corrected chi connectivity index (χ1v) is 5.60. The number of anilines is 1. The maximum absolute atomic E-state index is 13.0. The summed E-state index contributed by atoms with van der Waals surface area (Å²) in [6.45, 7) is 2.73. The minimum Gasteiger partial charge on any atom is -0.355 e. The zero-order valence-corrected chi connectivity index (χ0v) is 10.0. The van der Waals surface area contributed by atoms with Crippen LogP contribution in [0.3, 0.4) is 0 Å². The molecule has 2 aromatic rings. The van der Waals surface area contributed by atoms with E-state index >= 15 is 0 Å². The highest BCUT2D eigenvalue weighted by Crippen LogP contribution is 2.24. The molecule has 0 atom stereocenters.